The van der Waals surface area contributed by atoms with Crippen molar-refractivity contribution in [3.05, 3.63) is 65.1 Å². The maximum absolute atomic E-state index is 6.04. The maximum atomic E-state index is 6.04. The lowest BCUT2D eigenvalue weighted by molar-refractivity contribution is 0.455. The van der Waals surface area contributed by atoms with Crippen molar-refractivity contribution in [3.8, 4) is 11.6 Å². The third kappa shape index (κ3) is 3.35. The van der Waals surface area contributed by atoms with Crippen LogP contribution in [0, 0.1) is 20.8 Å². The van der Waals surface area contributed by atoms with Crippen LogP contribution in [-0.2, 0) is 6.42 Å². The molecule has 0 fully saturated rings. The summed E-state index contributed by atoms with van der Waals surface area (Å²) < 4.78 is 6.04. The predicted molar refractivity (Wildman–Crippen MR) is 114 cm³/mol. The van der Waals surface area contributed by atoms with Crippen LogP contribution >= 0.6 is 0 Å². The Balaban J connectivity index is 1.84. The fraction of sp³-hybridized carbons (Fsp3) is 0.333. The van der Waals surface area contributed by atoms with Gasteiger partial charge >= 0.3 is 0 Å². The van der Waals surface area contributed by atoms with E-state index in [0.29, 0.717) is 5.88 Å². The summed E-state index contributed by atoms with van der Waals surface area (Å²) >= 11 is 0. The lowest BCUT2D eigenvalue weighted by Crippen LogP contribution is -2.19. The van der Waals surface area contributed by atoms with Crippen LogP contribution in [0.15, 0.2) is 42.9 Å². The van der Waals surface area contributed by atoms with Gasteiger partial charge in [0.1, 0.15) is 5.69 Å². The summed E-state index contributed by atoms with van der Waals surface area (Å²) in [4.78, 5) is 11.0. The molecule has 4 rings (SSSR count). The first-order chi connectivity index (χ1) is 13.6. The van der Waals surface area contributed by atoms with E-state index in [-0.39, 0.29) is 0 Å². The van der Waals surface area contributed by atoms with E-state index >= 15 is 0 Å². The summed E-state index contributed by atoms with van der Waals surface area (Å²) in [5, 5.41) is 0. The van der Waals surface area contributed by atoms with E-state index in [2.05, 4.69) is 60.8 Å². The largest absolute Gasteiger partial charge is 0.433 e. The molecule has 144 valence electrons. The standard InChI is InChI=1S/C24H27N3O/c1-5-6-7-8-19-12-17(3)23(18(4)13-19)27-20-9-10-25-15-22(20)28-24-21(27)11-16(2)14-26-24/h9-15H,5-8H2,1-4H3. The summed E-state index contributed by atoms with van der Waals surface area (Å²) in [5.74, 6) is 1.36. The van der Waals surface area contributed by atoms with Gasteiger partial charge in [0.05, 0.1) is 17.6 Å². The molecule has 0 bridgehead atoms. The highest BCUT2D eigenvalue weighted by atomic mass is 16.5. The number of anilines is 3. The van der Waals surface area contributed by atoms with Gasteiger partial charge in [-0.1, -0.05) is 31.9 Å². The molecular weight excluding hydrogens is 346 g/mol. The maximum Gasteiger partial charge on any atom is 0.243 e. The summed E-state index contributed by atoms with van der Waals surface area (Å²) in [6.45, 7) is 8.71. The quantitative estimate of drug-likeness (QED) is 0.364. The number of unbranched alkanes of at least 4 members (excludes halogenated alkanes) is 2. The van der Waals surface area contributed by atoms with E-state index < -0.39 is 0 Å². The number of rotatable bonds is 5. The number of nitrogens with zero attached hydrogens (tertiary/aromatic N) is 3. The number of hydrogen-bond donors (Lipinski definition) is 0. The molecule has 0 amide bonds. The van der Waals surface area contributed by atoms with E-state index in [0.717, 1.165) is 29.1 Å². The monoisotopic (exact) mass is 373 g/mol. The molecule has 0 atom stereocenters. The lowest BCUT2D eigenvalue weighted by Gasteiger charge is -2.34. The van der Waals surface area contributed by atoms with Crippen molar-refractivity contribution < 1.29 is 4.74 Å². The molecule has 3 aromatic rings. The fourth-order valence-electron chi connectivity index (χ4n) is 4.01. The molecule has 0 spiro atoms. The zero-order valence-electron chi connectivity index (χ0n) is 17.1. The summed E-state index contributed by atoms with van der Waals surface area (Å²) in [5.41, 5.74) is 8.23. The molecule has 4 nitrogen and oxygen atoms in total. The molecule has 0 saturated heterocycles. The first-order valence-corrected chi connectivity index (χ1v) is 10.1. The zero-order chi connectivity index (χ0) is 19.7. The van der Waals surface area contributed by atoms with Gasteiger partial charge in [0.15, 0.2) is 5.75 Å². The van der Waals surface area contributed by atoms with Crippen molar-refractivity contribution in [2.24, 2.45) is 0 Å². The Labute approximate surface area is 167 Å². The average Bonchev–Trinajstić information content (AvgIpc) is 2.67. The number of benzene rings is 1. The molecule has 28 heavy (non-hydrogen) atoms. The van der Waals surface area contributed by atoms with Gasteiger partial charge in [-0.05, 0) is 68.0 Å². The second-order valence-electron chi connectivity index (χ2n) is 7.65. The summed E-state index contributed by atoms with van der Waals surface area (Å²) in [7, 11) is 0. The van der Waals surface area contributed by atoms with Gasteiger partial charge in [-0.3, -0.25) is 4.98 Å². The Morgan fingerprint density at radius 1 is 0.964 bits per heavy atom. The van der Waals surface area contributed by atoms with Crippen molar-refractivity contribution in [1.82, 2.24) is 9.97 Å². The van der Waals surface area contributed by atoms with E-state index in [1.165, 1.54) is 41.6 Å². The van der Waals surface area contributed by atoms with E-state index in [1.807, 2.05) is 18.5 Å². The van der Waals surface area contributed by atoms with Gasteiger partial charge in [-0.2, -0.15) is 0 Å². The second kappa shape index (κ2) is 7.63. The van der Waals surface area contributed by atoms with Crippen LogP contribution in [0.5, 0.6) is 11.6 Å². The molecule has 4 heteroatoms. The smallest absolute Gasteiger partial charge is 0.243 e. The minimum absolute atomic E-state index is 0.622. The molecule has 1 aromatic carbocycles. The van der Waals surface area contributed by atoms with Gasteiger partial charge in [-0.15, -0.1) is 0 Å². The normalized spacial score (nSPS) is 12.4. The van der Waals surface area contributed by atoms with Crippen molar-refractivity contribution in [2.45, 2.75) is 53.4 Å². The van der Waals surface area contributed by atoms with E-state index in [1.54, 1.807) is 6.20 Å². The van der Waals surface area contributed by atoms with Crippen LogP contribution in [0.25, 0.3) is 0 Å². The molecule has 1 aliphatic heterocycles. The van der Waals surface area contributed by atoms with Crippen LogP contribution in [0.2, 0.25) is 0 Å². The Hall–Kier alpha value is -2.88. The third-order valence-electron chi connectivity index (χ3n) is 5.26. The molecule has 0 unspecified atom stereocenters. The number of aryl methyl sites for hydroxylation is 4. The number of fused-ring (bicyclic) bond motifs is 2. The molecule has 0 N–H and O–H groups in total. The van der Waals surface area contributed by atoms with Crippen molar-refractivity contribution in [1.29, 1.82) is 0 Å². The van der Waals surface area contributed by atoms with Crippen LogP contribution in [0.4, 0.5) is 17.1 Å². The molecule has 3 heterocycles. The molecule has 1 aliphatic rings. The Bertz CT molecular complexity index is 989. The van der Waals surface area contributed by atoms with Gasteiger partial charge in [0.2, 0.25) is 5.88 Å². The molecular formula is C24H27N3O. The van der Waals surface area contributed by atoms with Crippen molar-refractivity contribution >= 4 is 17.1 Å². The Morgan fingerprint density at radius 2 is 1.75 bits per heavy atom. The number of hydrogen-bond acceptors (Lipinski definition) is 4. The molecule has 0 aliphatic carbocycles. The highest BCUT2D eigenvalue weighted by molar-refractivity contribution is 5.87. The second-order valence-corrected chi connectivity index (χ2v) is 7.65. The molecule has 0 radical (unpaired) electrons. The van der Waals surface area contributed by atoms with Crippen LogP contribution in [-0.4, -0.2) is 9.97 Å². The minimum Gasteiger partial charge on any atom is -0.433 e. The number of ether oxygens (including phenoxy) is 1. The summed E-state index contributed by atoms with van der Waals surface area (Å²) in [6.07, 6.45) is 10.3. The minimum atomic E-state index is 0.622. The summed E-state index contributed by atoms with van der Waals surface area (Å²) in [6, 6.07) is 8.81. The average molecular weight is 374 g/mol. The van der Waals surface area contributed by atoms with Crippen LogP contribution in [0.1, 0.15) is 48.4 Å². The molecule has 2 aromatic heterocycles. The van der Waals surface area contributed by atoms with Crippen LogP contribution < -0.4 is 9.64 Å². The first-order valence-electron chi connectivity index (χ1n) is 10.1. The lowest BCUT2D eigenvalue weighted by atomic mass is 9.98. The molecule has 0 saturated carbocycles. The topological polar surface area (TPSA) is 38.2 Å². The SMILES string of the molecule is CCCCCc1cc(C)c(N2c3ccncc3Oc3ncc(C)cc32)c(C)c1. The number of pyridine rings is 2. The first kappa shape index (κ1) is 18.5. The van der Waals surface area contributed by atoms with Gasteiger partial charge in [0, 0.05) is 12.4 Å². The van der Waals surface area contributed by atoms with Crippen LogP contribution in [0.3, 0.4) is 0 Å². The Kier molecular flexibility index (Phi) is 5.03. The highest BCUT2D eigenvalue weighted by Crippen LogP contribution is 2.50. The van der Waals surface area contributed by atoms with E-state index in [4.69, 9.17) is 4.74 Å². The van der Waals surface area contributed by atoms with Crippen molar-refractivity contribution in [2.75, 3.05) is 4.90 Å². The van der Waals surface area contributed by atoms with Gasteiger partial charge in [0.25, 0.3) is 0 Å². The Morgan fingerprint density at radius 3 is 2.50 bits per heavy atom. The van der Waals surface area contributed by atoms with Gasteiger partial charge in [-0.25, -0.2) is 4.98 Å². The highest BCUT2D eigenvalue weighted by Gasteiger charge is 2.29. The van der Waals surface area contributed by atoms with Gasteiger partial charge < -0.3 is 9.64 Å². The third-order valence-corrected chi connectivity index (χ3v) is 5.26. The fourth-order valence-corrected chi connectivity index (χ4v) is 4.01. The van der Waals surface area contributed by atoms with Crippen molar-refractivity contribution in [3.63, 3.8) is 0 Å². The predicted octanol–water partition coefficient (Wildman–Crippen LogP) is 6.71. The zero-order valence-corrected chi connectivity index (χ0v) is 17.1. The van der Waals surface area contributed by atoms with E-state index in [9.17, 15) is 0 Å². The number of aromatic nitrogens is 2.